The summed E-state index contributed by atoms with van der Waals surface area (Å²) >= 11 is 0. The summed E-state index contributed by atoms with van der Waals surface area (Å²) in [6.07, 6.45) is 5.46. The third-order valence-electron chi connectivity index (χ3n) is 4.50. The quantitative estimate of drug-likeness (QED) is 0.711. The number of carboxylic acid groups (broad SMARTS) is 1. The first kappa shape index (κ1) is 17.4. The van der Waals surface area contributed by atoms with Crippen molar-refractivity contribution in [2.45, 2.75) is 51.0 Å². The number of rotatable bonds is 8. The van der Waals surface area contributed by atoms with E-state index in [1.807, 2.05) is 24.3 Å². The first-order valence-corrected chi connectivity index (χ1v) is 8.76. The Morgan fingerprint density at radius 3 is 2.76 bits per heavy atom. The minimum absolute atomic E-state index is 0.122. The molecule has 0 bridgehead atoms. The van der Waals surface area contributed by atoms with Gasteiger partial charge in [-0.1, -0.05) is 18.2 Å². The number of pyridine rings is 1. The van der Waals surface area contributed by atoms with Gasteiger partial charge in [-0.05, 0) is 56.2 Å². The molecule has 2 aromatic rings. The summed E-state index contributed by atoms with van der Waals surface area (Å²) in [6, 6.07) is 10.6. The Hall–Kier alpha value is -2.43. The van der Waals surface area contributed by atoms with Crippen LogP contribution in [0.5, 0.6) is 5.88 Å². The van der Waals surface area contributed by atoms with E-state index < -0.39 is 5.97 Å². The number of carbonyl (C=O) groups is 1. The molecule has 0 amide bonds. The minimum Gasteiger partial charge on any atom is -0.481 e. The van der Waals surface area contributed by atoms with Gasteiger partial charge in [0.15, 0.2) is 0 Å². The van der Waals surface area contributed by atoms with Gasteiger partial charge in [0.2, 0.25) is 5.88 Å². The van der Waals surface area contributed by atoms with E-state index in [2.05, 4.69) is 4.98 Å². The van der Waals surface area contributed by atoms with E-state index in [1.54, 1.807) is 6.07 Å². The van der Waals surface area contributed by atoms with E-state index >= 15 is 0 Å². The van der Waals surface area contributed by atoms with Crippen molar-refractivity contribution in [3.05, 3.63) is 47.8 Å². The number of halogens is 1. The van der Waals surface area contributed by atoms with Crippen LogP contribution in [-0.2, 0) is 11.2 Å². The first-order valence-electron chi connectivity index (χ1n) is 8.76. The number of aromatic nitrogens is 1. The predicted molar refractivity (Wildman–Crippen MR) is 93.1 cm³/mol. The molecule has 0 spiro atoms. The lowest BCUT2D eigenvalue weighted by Gasteiger charge is -2.25. The molecule has 1 aromatic heterocycles. The Morgan fingerprint density at radius 1 is 1.24 bits per heavy atom. The summed E-state index contributed by atoms with van der Waals surface area (Å²) in [5.74, 6) is -0.508. The predicted octanol–water partition coefficient (Wildman–Crippen LogP) is 4.62. The van der Waals surface area contributed by atoms with Crippen molar-refractivity contribution in [3.63, 3.8) is 0 Å². The molecule has 1 fully saturated rings. The van der Waals surface area contributed by atoms with Crippen LogP contribution in [0.25, 0.3) is 11.3 Å². The molecular formula is C20H22FNO3. The third-order valence-corrected chi connectivity index (χ3v) is 4.50. The highest BCUT2D eigenvalue weighted by Crippen LogP contribution is 2.27. The van der Waals surface area contributed by atoms with Gasteiger partial charge in [-0.15, -0.1) is 0 Å². The van der Waals surface area contributed by atoms with Gasteiger partial charge in [0, 0.05) is 18.1 Å². The van der Waals surface area contributed by atoms with Crippen molar-refractivity contribution in [3.8, 4) is 17.1 Å². The van der Waals surface area contributed by atoms with Crippen LogP contribution in [0.3, 0.4) is 0 Å². The van der Waals surface area contributed by atoms with E-state index in [1.165, 1.54) is 12.5 Å². The molecule has 0 radical (unpaired) electrons. The van der Waals surface area contributed by atoms with Gasteiger partial charge in [0.25, 0.3) is 0 Å². The van der Waals surface area contributed by atoms with Crippen molar-refractivity contribution in [2.75, 3.05) is 0 Å². The maximum atomic E-state index is 14.3. The fourth-order valence-electron chi connectivity index (χ4n) is 2.80. The summed E-state index contributed by atoms with van der Waals surface area (Å²) in [4.78, 5) is 15.0. The van der Waals surface area contributed by atoms with Crippen LogP contribution in [0.1, 0.15) is 44.1 Å². The SMILES string of the molecule is O=C(O)CCCCc1ccc(-c2cccc(OC3CCC3)n2)cc1F. The Balaban J connectivity index is 1.65. The summed E-state index contributed by atoms with van der Waals surface area (Å²) in [7, 11) is 0. The van der Waals surface area contributed by atoms with Gasteiger partial charge in [-0.2, -0.15) is 0 Å². The molecule has 5 heteroatoms. The van der Waals surface area contributed by atoms with Crippen molar-refractivity contribution in [2.24, 2.45) is 0 Å². The van der Waals surface area contributed by atoms with Crippen LogP contribution < -0.4 is 4.74 Å². The maximum Gasteiger partial charge on any atom is 0.303 e. The molecule has 1 saturated carbocycles. The molecule has 1 aliphatic rings. The Bertz CT molecular complexity index is 743. The van der Waals surface area contributed by atoms with Gasteiger partial charge in [0.1, 0.15) is 11.9 Å². The van der Waals surface area contributed by atoms with Crippen LogP contribution in [0.2, 0.25) is 0 Å². The summed E-state index contributed by atoms with van der Waals surface area (Å²) in [6.45, 7) is 0. The van der Waals surface area contributed by atoms with Crippen LogP contribution in [0.4, 0.5) is 4.39 Å². The van der Waals surface area contributed by atoms with E-state index in [0.29, 0.717) is 42.0 Å². The van der Waals surface area contributed by atoms with Crippen LogP contribution in [0, 0.1) is 5.82 Å². The minimum atomic E-state index is -0.814. The lowest BCUT2D eigenvalue weighted by molar-refractivity contribution is -0.137. The van der Waals surface area contributed by atoms with Crippen LogP contribution in [0.15, 0.2) is 36.4 Å². The fraction of sp³-hybridized carbons (Fsp3) is 0.400. The summed E-state index contributed by atoms with van der Waals surface area (Å²) < 4.78 is 20.1. The van der Waals surface area contributed by atoms with Gasteiger partial charge in [-0.25, -0.2) is 9.37 Å². The molecule has 0 unspecified atom stereocenters. The van der Waals surface area contributed by atoms with Gasteiger partial charge in [-0.3, -0.25) is 4.79 Å². The van der Waals surface area contributed by atoms with Gasteiger partial charge < -0.3 is 9.84 Å². The molecule has 1 heterocycles. The smallest absolute Gasteiger partial charge is 0.303 e. The third kappa shape index (κ3) is 4.78. The van der Waals surface area contributed by atoms with Crippen molar-refractivity contribution >= 4 is 5.97 Å². The van der Waals surface area contributed by atoms with E-state index in [4.69, 9.17) is 9.84 Å². The van der Waals surface area contributed by atoms with E-state index in [0.717, 1.165) is 12.8 Å². The molecule has 4 nitrogen and oxygen atoms in total. The number of carboxylic acids is 1. The monoisotopic (exact) mass is 343 g/mol. The number of aryl methyl sites for hydroxylation is 1. The second-order valence-corrected chi connectivity index (χ2v) is 6.44. The molecular weight excluding hydrogens is 321 g/mol. The van der Waals surface area contributed by atoms with Crippen LogP contribution >= 0.6 is 0 Å². The number of benzene rings is 1. The zero-order valence-corrected chi connectivity index (χ0v) is 14.1. The normalized spacial score (nSPS) is 14.1. The van der Waals surface area contributed by atoms with Crippen molar-refractivity contribution in [1.29, 1.82) is 0 Å². The molecule has 0 saturated heterocycles. The Labute approximate surface area is 146 Å². The molecule has 1 aromatic carbocycles. The van der Waals surface area contributed by atoms with Gasteiger partial charge >= 0.3 is 5.97 Å². The highest BCUT2D eigenvalue weighted by molar-refractivity contribution is 5.66. The van der Waals surface area contributed by atoms with Crippen LogP contribution in [-0.4, -0.2) is 22.2 Å². The van der Waals surface area contributed by atoms with E-state index in [-0.39, 0.29) is 18.3 Å². The van der Waals surface area contributed by atoms with Crippen molar-refractivity contribution in [1.82, 2.24) is 4.98 Å². The molecule has 0 aliphatic heterocycles. The number of aliphatic carboxylic acids is 1. The maximum absolute atomic E-state index is 14.3. The average Bonchev–Trinajstić information content (AvgIpc) is 2.56. The van der Waals surface area contributed by atoms with E-state index in [9.17, 15) is 9.18 Å². The number of nitrogens with zero attached hydrogens (tertiary/aromatic N) is 1. The molecule has 25 heavy (non-hydrogen) atoms. The summed E-state index contributed by atoms with van der Waals surface area (Å²) in [5.41, 5.74) is 2.01. The number of hydrogen-bond acceptors (Lipinski definition) is 3. The highest BCUT2D eigenvalue weighted by atomic mass is 19.1. The Kier molecular flexibility index (Phi) is 5.64. The zero-order valence-electron chi connectivity index (χ0n) is 14.1. The second kappa shape index (κ2) is 8.10. The average molecular weight is 343 g/mol. The molecule has 132 valence electrons. The Morgan fingerprint density at radius 2 is 2.08 bits per heavy atom. The molecule has 1 N–H and O–H groups in total. The lowest BCUT2D eigenvalue weighted by Crippen LogP contribution is -2.24. The topological polar surface area (TPSA) is 59.4 Å². The lowest BCUT2D eigenvalue weighted by atomic mass is 9.96. The second-order valence-electron chi connectivity index (χ2n) is 6.44. The standard InChI is InChI=1S/C20H22FNO3/c21-17-13-15(12-11-14(17)5-1-2-10-20(23)24)18-8-4-9-19(22-18)25-16-6-3-7-16/h4,8-9,11-13,16H,1-3,5-7,10H2,(H,23,24). The zero-order chi connectivity index (χ0) is 17.6. The van der Waals surface area contributed by atoms with Gasteiger partial charge in [0.05, 0.1) is 5.69 Å². The molecule has 1 aliphatic carbocycles. The largest absolute Gasteiger partial charge is 0.481 e. The highest BCUT2D eigenvalue weighted by Gasteiger charge is 2.19. The number of unbranched alkanes of at least 4 members (excludes halogenated alkanes) is 1. The first-order chi connectivity index (χ1) is 12.1. The number of ether oxygens (including phenoxy) is 1. The fourth-order valence-corrected chi connectivity index (χ4v) is 2.80. The molecule has 3 rings (SSSR count). The number of hydrogen-bond donors (Lipinski definition) is 1. The molecule has 0 atom stereocenters. The summed E-state index contributed by atoms with van der Waals surface area (Å²) in [5, 5.41) is 8.63. The van der Waals surface area contributed by atoms with Crippen molar-refractivity contribution < 1.29 is 19.0 Å².